The number of aryl methyl sites for hydroxylation is 1. The largest absolute Gasteiger partial charge is 0.494 e. The van der Waals surface area contributed by atoms with Crippen LogP contribution in [0.15, 0.2) is 65.6 Å². The average Bonchev–Trinajstić information content (AvgIpc) is 3.19. The third kappa shape index (κ3) is 5.27. The third-order valence-electron chi connectivity index (χ3n) is 4.67. The van der Waals surface area contributed by atoms with Gasteiger partial charge in [-0.1, -0.05) is 6.07 Å². The molecule has 0 fully saturated rings. The van der Waals surface area contributed by atoms with E-state index < -0.39 is 5.97 Å². The van der Waals surface area contributed by atoms with E-state index in [1.54, 1.807) is 48.7 Å². The van der Waals surface area contributed by atoms with E-state index >= 15 is 0 Å². The van der Waals surface area contributed by atoms with Crippen LogP contribution in [0.4, 0.5) is 5.69 Å². The van der Waals surface area contributed by atoms with Gasteiger partial charge in [-0.15, -0.1) is 11.3 Å². The van der Waals surface area contributed by atoms with Crippen LogP contribution in [0.3, 0.4) is 0 Å². The number of nitrogens with zero attached hydrogens (tertiary/aromatic N) is 2. The standard InChI is InChI=1S/C24H21N3O5S/c1-3-31-20-9-7-16(8-10-20)22(29)25-18-6-4-5-17(11-18)23(30)32-14-19-12-21(28)27-13-15(2)33-24(27)26-19/h4-13H,3,14H2,1-2H3,(H,25,29). The zero-order chi connectivity index (χ0) is 23.4. The Morgan fingerprint density at radius 1 is 1.09 bits per heavy atom. The van der Waals surface area contributed by atoms with Gasteiger partial charge >= 0.3 is 5.97 Å². The Balaban J connectivity index is 1.41. The Labute approximate surface area is 193 Å². The monoisotopic (exact) mass is 463 g/mol. The zero-order valence-electron chi connectivity index (χ0n) is 18.0. The molecule has 0 spiro atoms. The quantitative estimate of drug-likeness (QED) is 0.415. The van der Waals surface area contributed by atoms with E-state index in [0.717, 1.165) is 4.88 Å². The van der Waals surface area contributed by atoms with Crippen molar-refractivity contribution < 1.29 is 19.1 Å². The summed E-state index contributed by atoms with van der Waals surface area (Å²) >= 11 is 1.38. The molecule has 8 nitrogen and oxygen atoms in total. The van der Waals surface area contributed by atoms with Crippen LogP contribution in [0.2, 0.25) is 0 Å². The number of rotatable bonds is 7. The van der Waals surface area contributed by atoms with Crippen molar-refractivity contribution in [3.63, 3.8) is 0 Å². The number of esters is 1. The minimum atomic E-state index is -0.587. The first-order chi connectivity index (χ1) is 15.9. The van der Waals surface area contributed by atoms with Gasteiger partial charge in [0.2, 0.25) is 0 Å². The number of hydrogen-bond acceptors (Lipinski definition) is 7. The second-order valence-electron chi connectivity index (χ2n) is 7.15. The molecule has 0 saturated heterocycles. The SMILES string of the molecule is CCOc1ccc(C(=O)Nc2cccc(C(=O)OCc3cc(=O)n4cc(C)sc4n3)c2)cc1. The van der Waals surface area contributed by atoms with Gasteiger partial charge in [0.25, 0.3) is 11.5 Å². The smallest absolute Gasteiger partial charge is 0.338 e. The lowest BCUT2D eigenvalue weighted by Crippen LogP contribution is -2.15. The third-order valence-corrected chi connectivity index (χ3v) is 5.57. The van der Waals surface area contributed by atoms with Gasteiger partial charge in [0, 0.05) is 28.4 Å². The maximum atomic E-state index is 12.5. The molecule has 4 aromatic rings. The second kappa shape index (κ2) is 9.66. The lowest BCUT2D eigenvalue weighted by atomic mass is 10.1. The number of ether oxygens (including phenoxy) is 2. The molecule has 0 atom stereocenters. The van der Waals surface area contributed by atoms with E-state index in [4.69, 9.17) is 9.47 Å². The number of aromatic nitrogens is 2. The molecule has 0 aliphatic carbocycles. The Morgan fingerprint density at radius 2 is 1.88 bits per heavy atom. The Hall–Kier alpha value is -3.98. The fourth-order valence-corrected chi connectivity index (χ4v) is 4.00. The minimum absolute atomic E-state index is 0.135. The molecule has 4 rings (SSSR count). The van der Waals surface area contributed by atoms with Gasteiger partial charge in [0.15, 0.2) is 4.96 Å². The van der Waals surface area contributed by atoms with Crippen molar-refractivity contribution in [2.24, 2.45) is 0 Å². The van der Waals surface area contributed by atoms with E-state index in [9.17, 15) is 14.4 Å². The number of anilines is 1. The van der Waals surface area contributed by atoms with Crippen molar-refractivity contribution >= 4 is 33.9 Å². The van der Waals surface area contributed by atoms with Gasteiger partial charge in [0.1, 0.15) is 12.4 Å². The van der Waals surface area contributed by atoms with Crippen molar-refractivity contribution in [2.75, 3.05) is 11.9 Å². The molecule has 2 aromatic carbocycles. The van der Waals surface area contributed by atoms with Gasteiger partial charge in [0.05, 0.1) is 17.9 Å². The van der Waals surface area contributed by atoms with Crippen LogP contribution in [-0.4, -0.2) is 27.9 Å². The van der Waals surface area contributed by atoms with Gasteiger partial charge in [-0.2, -0.15) is 0 Å². The summed E-state index contributed by atoms with van der Waals surface area (Å²) in [5, 5.41) is 2.77. The summed E-state index contributed by atoms with van der Waals surface area (Å²) < 4.78 is 12.2. The van der Waals surface area contributed by atoms with Crippen LogP contribution in [0.1, 0.15) is 38.2 Å². The first kappa shape index (κ1) is 22.2. The van der Waals surface area contributed by atoms with Gasteiger partial charge < -0.3 is 14.8 Å². The van der Waals surface area contributed by atoms with Gasteiger partial charge in [-0.05, 0) is 56.3 Å². The molecule has 2 heterocycles. The predicted molar refractivity (Wildman–Crippen MR) is 125 cm³/mol. The molecule has 0 unspecified atom stereocenters. The Kier molecular flexibility index (Phi) is 6.50. The van der Waals surface area contributed by atoms with Crippen LogP contribution in [-0.2, 0) is 11.3 Å². The zero-order valence-corrected chi connectivity index (χ0v) is 18.8. The number of amides is 1. The first-order valence-electron chi connectivity index (χ1n) is 10.2. The molecule has 1 N–H and O–H groups in total. The van der Waals surface area contributed by atoms with Crippen LogP contribution in [0.5, 0.6) is 5.75 Å². The maximum Gasteiger partial charge on any atom is 0.338 e. The minimum Gasteiger partial charge on any atom is -0.494 e. The van der Waals surface area contributed by atoms with E-state index in [1.165, 1.54) is 27.9 Å². The molecular weight excluding hydrogens is 442 g/mol. The van der Waals surface area contributed by atoms with E-state index in [2.05, 4.69) is 10.3 Å². The number of hydrogen-bond donors (Lipinski definition) is 1. The van der Waals surface area contributed by atoms with Crippen molar-refractivity contribution in [3.8, 4) is 5.75 Å². The average molecular weight is 464 g/mol. The topological polar surface area (TPSA) is 99.0 Å². The summed E-state index contributed by atoms with van der Waals surface area (Å²) in [6.07, 6.45) is 1.72. The van der Waals surface area contributed by atoms with E-state index in [1.807, 2.05) is 13.8 Å². The van der Waals surface area contributed by atoms with Crippen molar-refractivity contribution in [3.05, 3.63) is 92.8 Å². The predicted octanol–water partition coefficient (Wildman–Crippen LogP) is 4.07. The first-order valence-corrected chi connectivity index (χ1v) is 11.0. The van der Waals surface area contributed by atoms with Crippen molar-refractivity contribution in [1.29, 1.82) is 0 Å². The fraction of sp³-hybridized carbons (Fsp3) is 0.167. The van der Waals surface area contributed by atoms with E-state index in [-0.39, 0.29) is 23.6 Å². The summed E-state index contributed by atoms with van der Waals surface area (Å²) in [5.41, 5.74) is 1.33. The molecule has 1 amide bonds. The number of carbonyl (C=O) groups is 2. The molecular formula is C24H21N3O5S. The summed E-state index contributed by atoms with van der Waals surface area (Å²) in [5.74, 6) is -0.214. The molecule has 168 valence electrons. The van der Waals surface area contributed by atoms with Crippen molar-refractivity contribution in [1.82, 2.24) is 9.38 Å². The number of thiazole rings is 1. The number of nitrogens with one attached hydrogen (secondary N) is 1. The highest BCUT2D eigenvalue weighted by Crippen LogP contribution is 2.17. The maximum absolute atomic E-state index is 12.5. The molecule has 0 radical (unpaired) electrons. The molecule has 0 aliphatic heterocycles. The molecule has 0 saturated carbocycles. The fourth-order valence-electron chi connectivity index (χ4n) is 3.15. The summed E-state index contributed by atoms with van der Waals surface area (Å²) in [7, 11) is 0. The van der Waals surface area contributed by atoms with Crippen molar-refractivity contribution in [2.45, 2.75) is 20.5 Å². The van der Waals surface area contributed by atoms with Crippen LogP contribution < -0.4 is 15.6 Å². The molecule has 0 aliphatic rings. The van der Waals surface area contributed by atoms with Crippen LogP contribution >= 0.6 is 11.3 Å². The van der Waals surface area contributed by atoms with Gasteiger partial charge in [-0.25, -0.2) is 9.78 Å². The summed E-state index contributed by atoms with van der Waals surface area (Å²) in [6, 6.07) is 14.6. The Bertz CT molecular complexity index is 1380. The Morgan fingerprint density at radius 3 is 2.64 bits per heavy atom. The highest BCUT2D eigenvalue weighted by Gasteiger charge is 2.12. The summed E-state index contributed by atoms with van der Waals surface area (Å²) in [4.78, 5) is 43.1. The van der Waals surface area contributed by atoms with Crippen LogP contribution in [0, 0.1) is 6.92 Å². The van der Waals surface area contributed by atoms with Crippen LogP contribution in [0.25, 0.3) is 4.96 Å². The second-order valence-corrected chi connectivity index (χ2v) is 8.36. The number of carbonyl (C=O) groups excluding carboxylic acids is 2. The molecule has 0 bridgehead atoms. The normalized spacial score (nSPS) is 10.7. The number of benzene rings is 2. The van der Waals surface area contributed by atoms with Gasteiger partial charge in [-0.3, -0.25) is 14.0 Å². The highest BCUT2D eigenvalue weighted by atomic mass is 32.1. The molecule has 33 heavy (non-hydrogen) atoms. The highest BCUT2D eigenvalue weighted by molar-refractivity contribution is 7.16. The summed E-state index contributed by atoms with van der Waals surface area (Å²) in [6.45, 7) is 4.19. The lowest BCUT2D eigenvalue weighted by molar-refractivity contribution is 0.0467. The van der Waals surface area contributed by atoms with E-state index in [0.29, 0.717) is 34.3 Å². The number of fused-ring (bicyclic) bond motifs is 1. The lowest BCUT2D eigenvalue weighted by Gasteiger charge is -2.09. The molecule has 2 aromatic heterocycles. The molecule has 9 heteroatoms.